The highest BCUT2D eigenvalue weighted by Gasteiger charge is 2.01. The molecule has 0 aliphatic carbocycles. The summed E-state index contributed by atoms with van der Waals surface area (Å²) >= 11 is 0. The van der Waals surface area contributed by atoms with E-state index in [2.05, 4.69) is 20.2 Å². The average Bonchev–Trinajstić information content (AvgIpc) is 2.19. The number of aromatic nitrogens is 2. The maximum atomic E-state index is 4.25. The zero-order valence-electron chi connectivity index (χ0n) is 9.12. The Hall–Kier alpha value is -1.16. The van der Waals surface area contributed by atoms with Gasteiger partial charge in [0.15, 0.2) is 0 Å². The number of hydrogen-bond acceptors (Lipinski definition) is 4. The van der Waals surface area contributed by atoms with Gasteiger partial charge in [-0.15, -0.1) is 0 Å². The van der Waals surface area contributed by atoms with Crippen LogP contribution < -0.4 is 10.2 Å². The summed E-state index contributed by atoms with van der Waals surface area (Å²) in [4.78, 5) is 10.6. The summed E-state index contributed by atoms with van der Waals surface area (Å²) in [5, 5.41) is 3.12. The van der Waals surface area contributed by atoms with Gasteiger partial charge in [0.05, 0.1) is 0 Å². The monoisotopic (exact) mass is 194 g/mol. The summed E-state index contributed by atoms with van der Waals surface area (Å²) in [7, 11) is 3.97. The Labute approximate surface area is 85.4 Å². The van der Waals surface area contributed by atoms with Gasteiger partial charge in [-0.1, -0.05) is 0 Å². The molecule has 0 radical (unpaired) electrons. The van der Waals surface area contributed by atoms with Crippen LogP contribution >= 0.6 is 0 Å². The van der Waals surface area contributed by atoms with Crippen LogP contribution in [0.4, 0.5) is 5.95 Å². The van der Waals surface area contributed by atoms with E-state index in [-0.39, 0.29) is 0 Å². The molecule has 0 unspecified atom stereocenters. The fraction of sp³-hybridized carbons (Fsp3) is 0.600. The lowest BCUT2D eigenvalue weighted by atomic mass is 10.4. The van der Waals surface area contributed by atoms with Crippen LogP contribution in [-0.2, 0) is 0 Å². The molecule has 78 valence electrons. The summed E-state index contributed by atoms with van der Waals surface area (Å²) < 4.78 is 0. The molecule has 1 aromatic rings. The van der Waals surface area contributed by atoms with Crippen molar-refractivity contribution >= 4 is 5.95 Å². The summed E-state index contributed by atoms with van der Waals surface area (Å²) in [5.41, 5.74) is 1.09. The summed E-state index contributed by atoms with van der Waals surface area (Å²) in [6, 6.07) is 0. The van der Waals surface area contributed by atoms with Crippen molar-refractivity contribution in [1.29, 1.82) is 0 Å². The van der Waals surface area contributed by atoms with E-state index < -0.39 is 0 Å². The normalized spacial score (nSPS) is 10.2. The van der Waals surface area contributed by atoms with Crippen LogP contribution in [0.25, 0.3) is 0 Å². The van der Waals surface area contributed by atoms with Crippen molar-refractivity contribution in [3.63, 3.8) is 0 Å². The Kier molecular flexibility index (Phi) is 4.32. The topological polar surface area (TPSA) is 41.0 Å². The van der Waals surface area contributed by atoms with Crippen molar-refractivity contribution in [2.75, 3.05) is 32.1 Å². The Morgan fingerprint density at radius 1 is 1.36 bits per heavy atom. The van der Waals surface area contributed by atoms with Gasteiger partial charge < -0.3 is 10.2 Å². The Balaban J connectivity index is 2.43. The van der Waals surface area contributed by atoms with Gasteiger partial charge in [-0.05, 0) is 32.5 Å². The zero-order chi connectivity index (χ0) is 10.4. The molecule has 1 rings (SSSR count). The number of nitrogens with zero attached hydrogens (tertiary/aromatic N) is 3. The minimum Gasteiger partial charge on any atom is -0.344 e. The Morgan fingerprint density at radius 2 is 2.00 bits per heavy atom. The van der Waals surface area contributed by atoms with Crippen LogP contribution in [0.1, 0.15) is 12.0 Å². The zero-order valence-corrected chi connectivity index (χ0v) is 9.12. The van der Waals surface area contributed by atoms with Crippen molar-refractivity contribution in [3.8, 4) is 0 Å². The average molecular weight is 194 g/mol. The predicted octanol–water partition coefficient (Wildman–Crippen LogP) is 0.831. The second-order valence-corrected chi connectivity index (χ2v) is 3.44. The summed E-state index contributed by atoms with van der Waals surface area (Å²) in [5.74, 6) is 0.798. The number of aryl methyl sites for hydroxylation is 1. The van der Waals surface area contributed by atoms with E-state index in [0.717, 1.165) is 31.0 Å². The lowest BCUT2D eigenvalue weighted by Crippen LogP contribution is -2.23. The Bertz CT molecular complexity index is 257. The van der Waals surface area contributed by atoms with Crippen LogP contribution in [0, 0.1) is 6.92 Å². The van der Waals surface area contributed by atoms with Gasteiger partial charge in [-0.2, -0.15) is 0 Å². The van der Waals surface area contributed by atoms with Crippen molar-refractivity contribution in [3.05, 3.63) is 18.0 Å². The standard InChI is InChI=1S/C10H18N4/c1-9-7-12-10(13-8-9)14(3)6-4-5-11-2/h7-8,11H,4-6H2,1-3H3. The SMILES string of the molecule is CNCCCN(C)c1ncc(C)cn1. The number of nitrogens with one attached hydrogen (secondary N) is 1. The quantitative estimate of drug-likeness (QED) is 0.705. The molecule has 1 aromatic heterocycles. The van der Waals surface area contributed by atoms with Gasteiger partial charge in [-0.25, -0.2) is 9.97 Å². The molecule has 4 nitrogen and oxygen atoms in total. The van der Waals surface area contributed by atoms with Gasteiger partial charge in [0.25, 0.3) is 0 Å². The number of rotatable bonds is 5. The fourth-order valence-electron chi connectivity index (χ4n) is 1.18. The third kappa shape index (κ3) is 3.30. The van der Waals surface area contributed by atoms with E-state index in [1.807, 2.05) is 33.4 Å². The van der Waals surface area contributed by atoms with Crippen LogP contribution in [-0.4, -0.2) is 37.2 Å². The predicted molar refractivity (Wildman–Crippen MR) is 58.6 cm³/mol. The van der Waals surface area contributed by atoms with Crippen LogP contribution in [0.5, 0.6) is 0 Å². The van der Waals surface area contributed by atoms with Crippen LogP contribution in [0.15, 0.2) is 12.4 Å². The maximum absolute atomic E-state index is 4.25. The van der Waals surface area contributed by atoms with E-state index in [0.29, 0.717) is 0 Å². The van der Waals surface area contributed by atoms with Crippen molar-refractivity contribution < 1.29 is 0 Å². The molecule has 0 saturated carbocycles. The largest absolute Gasteiger partial charge is 0.344 e. The summed E-state index contributed by atoms with van der Waals surface area (Å²) in [6.07, 6.45) is 4.79. The van der Waals surface area contributed by atoms with Crippen molar-refractivity contribution in [2.24, 2.45) is 0 Å². The second-order valence-electron chi connectivity index (χ2n) is 3.44. The highest BCUT2D eigenvalue weighted by Crippen LogP contribution is 2.04. The first-order chi connectivity index (χ1) is 6.74. The molecule has 0 aromatic carbocycles. The molecular weight excluding hydrogens is 176 g/mol. The smallest absolute Gasteiger partial charge is 0.224 e. The van der Waals surface area contributed by atoms with Crippen molar-refractivity contribution in [1.82, 2.24) is 15.3 Å². The number of hydrogen-bond donors (Lipinski definition) is 1. The molecule has 4 heteroatoms. The molecule has 0 amide bonds. The molecule has 0 aliphatic heterocycles. The second kappa shape index (κ2) is 5.54. The van der Waals surface area contributed by atoms with Gasteiger partial charge >= 0.3 is 0 Å². The molecule has 1 heterocycles. The van der Waals surface area contributed by atoms with Gasteiger partial charge in [-0.3, -0.25) is 0 Å². The van der Waals surface area contributed by atoms with E-state index in [1.54, 1.807) is 0 Å². The molecule has 0 fully saturated rings. The molecule has 0 saturated heterocycles. The lowest BCUT2D eigenvalue weighted by Gasteiger charge is -2.16. The van der Waals surface area contributed by atoms with E-state index in [1.165, 1.54) is 0 Å². The molecular formula is C10H18N4. The third-order valence-electron chi connectivity index (χ3n) is 2.03. The lowest BCUT2D eigenvalue weighted by molar-refractivity contribution is 0.704. The number of anilines is 1. The van der Waals surface area contributed by atoms with Gasteiger partial charge in [0, 0.05) is 26.0 Å². The highest BCUT2D eigenvalue weighted by atomic mass is 15.2. The van der Waals surface area contributed by atoms with Gasteiger partial charge in [0.1, 0.15) is 0 Å². The molecule has 0 aliphatic rings. The first-order valence-electron chi connectivity index (χ1n) is 4.88. The first-order valence-corrected chi connectivity index (χ1v) is 4.88. The van der Waals surface area contributed by atoms with E-state index in [4.69, 9.17) is 0 Å². The molecule has 0 spiro atoms. The third-order valence-corrected chi connectivity index (χ3v) is 2.03. The maximum Gasteiger partial charge on any atom is 0.224 e. The Morgan fingerprint density at radius 3 is 2.57 bits per heavy atom. The molecule has 1 N–H and O–H groups in total. The van der Waals surface area contributed by atoms with E-state index in [9.17, 15) is 0 Å². The first kappa shape index (κ1) is 10.9. The van der Waals surface area contributed by atoms with Crippen molar-refractivity contribution in [2.45, 2.75) is 13.3 Å². The van der Waals surface area contributed by atoms with Crippen LogP contribution in [0.2, 0.25) is 0 Å². The summed E-state index contributed by atoms with van der Waals surface area (Å²) in [6.45, 7) is 3.99. The highest BCUT2D eigenvalue weighted by molar-refractivity contribution is 5.27. The molecule has 14 heavy (non-hydrogen) atoms. The van der Waals surface area contributed by atoms with Crippen LogP contribution in [0.3, 0.4) is 0 Å². The minimum atomic E-state index is 0.798. The fourth-order valence-corrected chi connectivity index (χ4v) is 1.18. The molecule has 0 bridgehead atoms. The van der Waals surface area contributed by atoms with Gasteiger partial charge in [0.2, 0.25) is 5.95 Å². The minimum absolute atomic E-state index is 0.798. The molecule has 0 atom stereocenters. The van der Waals surface area contributed by atoms with E-state index >= 15 is 0 Å².